The lowest BCUT2D eigenvalue weighted by Crippen LogP contribution is -2.67. The lowest BCUT2D eigenvalue weighted by molar-refractivity contribution is 0.0158. The summed E-state index contributed by atoms with van der Waals surface area (Å²) >= 11 is 0. The molecule has 1 saturated carbocycles. The van der Waals surface area contributed by atoms with Crippen LogP contribution >= 0.6 is 0 Å². The zero-order valence-electron chi connectivity index (χ0n) is 15.6. The van der Waals surface area contributed by atoms with Gasteiger partial charge in [-0.15, -0.1) is 0 Å². The van der Waals surface area contributed by atoms with E-state index in [-0.39, 0.29) is 30.6 Å². The van der Waals surface area contributed by atoms with Crippen molar-refractivity contribution in [2.24, 2.45) is 0 Å². The number of aliphatic hydroxyl groups is 1. The van der Waals surface area contributed by atoms with Gasteiger partial charge in [-0.05, 0) is 48.8 Å². The van der Waals surface area contributed by atoms with E-state index in [1.54, 1.807) is 0 Å². The first-order valence-corrected chi connectivity index (χ1v) is 10.1. The number of benzene rings is 1. The van der Waals surface area contributed by atoms with Crippen molar-refractivity contribution in [2.45, 2.75) is 69.0 Å². The average Bonchev–Trinajstić information content (AvgIpc) is 3.36. The molecule has 5 heteroatoms. The van der Waals surface area contributed by atoms with Gasteiger partial charge in [0.1, 0.15) is 6.04 Å². The third kappa shape index (κ3) is 3.35. The van der Waals surface area contributed by atoms with E-state index in [9.17, 15) is 15.2 Å². The molecule has 1 aromatic carbocycles. The van der Waals surface area contributed by atoms with Crippen molar-refractivity contribution < 1.29 is 9.90 Å². The number of nitrogens with zero attached hydrogens (tertiary/aromatic N) is 2. The fourth-order valence-electron chi connectivity index (χ4n) is 4.86. The van der Waals surface area contributed by atoms with Gasteiger partial charge in [0, 0.05) is 12.0 Å². The molecular weight excluding hydrogens is 338 g/mol. The topological polar surface area (TPSA) is 76.4 Å². The summed E-state index contributed by atoms with van der Waals surface area (Å²) in [7, 11) is 0. The number of urea groups is 1. The molecule has 1 aromatic rings. The standard InChI is InChI=1S/C22H27N3O2/c23-13-19-21(17-11-9-16(10-12-17)15-5-1-2-6-15)20(14-26)25(19)22(27)24-18-7-3-4-8-18/h5,9-12,18-21,26H,1-4,6-8,14H2,(H,24,27)/t19-,20+,21+/m1/s1. The Bertz CT molecular complexity index is 759. The molecule has 2 amide bonds. The van der Waals surface area contributed by atoms with Crippen LogP contribution in [-0.4, -0.2) is 40.8 Å². The van der Waals surface area contributed by atoms with Crippen LogP contribution in [0.1, 0.15) is 62.0 Å². The second kappa shape index (κ2) is 7.74. The summed E-state index contributed by atoms with van der Waals surface area (Å²) in [6, 6.07) is 9.73. The number of carbonyl (C=O) groups is 1. The number of rotatable bonds is 4. The highest BCUT2D eigenvalue weighted by Crippen LogP contribution is 2.41. The number of allylic oxidation sites excluding steroid dienone is 2. The van der Waals surface area contributed by atoms with Gasteiger partial charge in [0.05, 0.1) is 18.7 Å². The van der Waals surface area contributed by atoms with Gasteiger partial charge in [-0.1, -0.05) is 43.2 Å². The van der Waals surface area contributed by atoms with E-state index in [0.29, 0.717) is 0 Å². The Morgan fingerprint density at radius 3 is 2.56 bits per heavy atom. The van der Waals surface area contributed by atoms with E-state index in [4.69, 9.17) is 0 Å². The van der Waals surface area contributed by atoms with Crippen LogP contribution in [0.4, 0.5) is 4.79 Å². The summed E-state index contributed by atoms with van der Waals surface area (Å²) in [6.45, 7) is -0.131. The molecule has 3 atom stereocenters. The summed E-state index contributed by atoms with van der Waals surface area (Å²) in [6.07, 6.45) is 10.1. The first-order valence-electron chi connectivity index (χ1n) is 10.1. The fraction of sp³-hybridized carbons (Fsp3) is 0.545. The molecular formula is C22H27N3O2. The molecule has 142 valence electrons. The molecule has 0 unspecified atom stereocenters. The van der Waals surface area contributed by atoms with Gasteiger partial charge in [-0.25, -0.2) is 4.79 Å². The summed E-state index contributed by atoms with van der Waals surface area (Å²) < 4.78 is 0. The van der Waals surface area contributed by atoms with E-state index in [1.807, 2.05) is 0 Å². The van der Waals surface area contributed by atoms with Crippen molar-refractivity contribution in [3.8, 4) is 6.07 Å². The predicted octanol–water partition coefficient (Wildman–Crippen LogP) is 3.56. The SMILES string of the molecule is N#C[C@@H]1[C@H](c2ccc(C3=CCCC3)cc2)[C@H](CO)N1C(=O)NC1CCCC1. The molecule has 1 aliphatic heterocycles. The summed E-state index contributed by atoms with van der Waals surface area (Å²) in [4.78, 5) is 14.2. The molecule has 2 fully saturated rings. The lowest BCUT2D eigenvalue weighted by atomic mass is 9.75. The van der Waals surface area contributed by atoms with Crippen molar-refractivity contribution >= 4 is 11.6 Å². The molecule has 0 aromatic heterocycles. The van der Waals surface area contributed by atoms with Crippen LogP contribution in [0.3, 0.4) is 0 Å². The van der Waals surface area contributed by atoms with Crippen molar-refractivity contribution in [1.82, 2.24) is 10.2 Å². The minimum atomic E-state index is -0.528. The third-order valence-corrected chi connectivity index (χ3v) is 6.36. The number of carbonyl (C=O) groups excluding carboxylic acids is 1. The minimum Gasteiger partial charge on any atom is -0.394 e. The first kappa shape index (κ1) is 18.1. The highest BCUT2D eigenvalue weighted by Gasteiger charge is 2.52. The largest absolute Gasteiger partial charge is 0.394 e. The van der Waals surface area contributed by atoms with Crippen molar-refractivity contribution in [3.05, 3.63) is 41.5 Å². The summed E-state index contributed by atoms with van der Waals surface area (Å²) in [5.41, 5.74) is 3.65. The van der Waals surface area contributed by atoms with Crippen LogP contribution in [0.5, 0.6) is 0 Å². The third-order valence-electron chi connectivity index (χ3n) is 6.36. The van der Waals surface area contributed by atoms with Crippen molar-refractivity contribution in [1.29, 1.82) is 5.26 Å². The molecule has 3 aliphatic rings. The summed E-state index contributed by atoms with van der Waals surface area (Å²) in [5.74, 6) is -0.138. The number of aliphatic hydroxyl groups excluding tert-OH is 1. The Balaban J connectivity index is 1.49. The molecule has 0 radical (unpaired) electrons. The Kier molecular flexibility index (Phi) is 5.18. The second-order valence-electron chi connectivity index (χ2n) is 7.93. The molecule has 0 bridgehead atoms. The zero-order valence-corrected chi connectivity index (χ0v) is 15.6. The van der Waals surface area contributed by atoms with Crippen LogP contribution in [-0.2, 0) is 0 Å². The highest BCUT2D eigenvalue weighted by atomic mass is 16.3. The number of nitriles is 1. The first-order chi connectivity index (χ1) is 13.2. The quantitative estimate of drug-likeness (QED) is 0.856. The highest BCUT2D eigenvalue weighted by molar-refractivity contribution is 5.78. The van der Waals surface area contributed by atoms with Gasteiger partial charge >= 0.3 is 6.03 Å². The monoisotopic (exact) mass is 365 g/mol. The Hall–Kier alpha value is -2.32. The second-order valence-corrected chi connectivity index (χ2v) is 7.93. The van der Waals surface area contributed by atoms with Crippen LogP contribution in [0, 0.1) is 11.3 Å². The zero-order chi connectivity index (χ0) is 18.8. The van der Waals surface area contributed by atoms with Crippen LogP contribution < -0.4 is 5.32 Å². The van der Waals surface area contributed by atoms with Crippen molar-refractivity contribution in [3.63, 3.8) is 0 Å². The van der Waals surface area contributed by atoms with E-state index in [0.717, 1.165) is 44.1 Å². The number of hydrogen-bond acceptors (Lipinski definition) is 3. The van der Waals surface area contributed by atoms with Crippen LogP contribution in [0.2, 0.25) is 0 Å². The average molecular weight is 365 g/mol. The molecule has 5 nitrogen and oxygen atoms in total. The number of nitrogens with one attached hydrogen (secondary N) is 1. The predicted molar refractivity (Wildman–Crippen MR) is 104 cm³/mol. The Labute approximate surface area is 160 Å². The van der Waals surface area contributed by atoms with E-state index in [1.165, 1.54) is 22.5 Å². The van der Waals surface area contributed by atoms with Gasteiger partial charge < -0.3 is 15.3 Å². The smallest absolute Gasteiger partial charge is 0.319 e. The lowest BCUT2D eigenvalue weighted by Gasteiger charge is -2.51. The normalized spacial score (nSPS) is 27.8. The van der Waals surface area contributed by atoms with Gasteiger partial charge in [0.15, 0.2) is 0 Å². The van der Waals surface area contributed by atoms with Gasteiger partial charge in [-0.2, -0.15) is 5.26 Å². The van der Waals surface area contributed by atoms with Crippen LogP contribution in [0.15, 0.2) is 30.3 Å². The summed E-state index contributed by atoms with van der Waals surface area (Å²) in [5, 5.41) is 22.6. The molecule has 1 saturated heterocycles. The van der Waals surface area contributed by atoms with Gasteiger partial charge in [0.2, 0.25) is 0 Å². The maximum Gasteiger partial charge on any atom is 0.319 e. The molecule has 1 heterocycles. The molecule has 2 N–H and O–H groups in total. The number of amides is 2. The van der Waals surface area contributed by atoms with E-state index < -0.39 is 6.04 Å². The minimum absolute atomic E-state index is 0.131. The Morgan fingerprint density at radius 1 is 1.22 bits per heavy atom. The molecule has 0 spiro atoms. The van der Waals surface area contributed by atoms with Crippen LogP contribution in [0.25, 0.3) is 5.57 Å². The number of hydrogen-bond donors (Lipinski definition) is 2. The van der Waals surface area contributed by atoms with Gasteiger partial charge in [0.25, 0.3) is 0 Å². The van der Waals surface area contributed by atoms with E-state index >= 15 is 0 Å². The van der Waals surface area contributed by atoms with Gasteiger partial charge in [-0.3, -0.25) is 0 Å². The Morgan fingerprint density at radius 2 is 1.96 bits per heavy atom. The fourth-order valence-corrected chi connectivity index (χ4v) is 4.86. The number of likely N-dealkylation sites (tertiary alicyclic amines) is 1. The van der Waals surface area contributed by atoms with Crippen molar-refractivity contribution in [2.75, 3.05) is 6.61 Å². The van der Waals surface area contributed by atoms with E-state index in [2.05, 4.69) is 41.7 Å². The maximum atomic E-state index is 12.7. The maximum absolute atomic E-state index is 12.7. The molecule has 27 heavy (non-hydrogen) atoms. The molecule has 4 rings (SSSR count). The molecule has 2 aliphatic carbocycles.